The molecule has 11 heteroatoms. The van der Waals surface area contributed by atoms with Gasteiger partial charge >= 0.3 is 12.2 Å². The fraction of sp³-hybridized carbons (Fsp3) is 0.682. The van der Waals surface area contributed by atoms with Crippen LogP contribution in [0.1, 0.15) is 31.2 Å². The van der Waals surface area contributed by atoms with Crippen LogP contribution in [-0.2, 0) is 9.53 Å². The average Bonchev–Trinajstić information content (AvgIpc) is 3.16. The van der Waals surface area contributed by atoms with Crippen molar-refractivity contribution in [2.45, 2.75) is 44.0 Å². The fourth-order valence-corrected chi connectivity index (χ4v) is 5.13. The van der Waals surface area contributed by atoms with E-state index in [1.807, 2.05) is 6.07 Å². The second kappa shape index (κ2) is 8.03. The Labute approximate surface area is 190 Å². The Morgan fingerprint density at radius 2 is 2.00 bits per heavy atom. The van der Waals surface area contributed by atoms with Gasteiger partial charge in [0.25, 0.3) is 0 Å². The Kier molecular flexibility index (Phi) is 5.42. The largest absolute Gasteiger partial charge is 0.395 e. The first-order valence-corrected chi connectivity index (χ1v) is 11.4. The van der Waals surface area contributed by atoms with Crippen LogP contribution in [0.4, 0.5) is 23.8 Å². The van der Waals surface area contributed by atoms with Crippen molar-refractivity contribution in [2.75, 3.05) is 50.8 Å². The first-order valence-electron chi connectivity index (χ1n) is 11.4. The van der Waals surface area contributed by atoms with E-state index in [9.17, 15) is 22.8 Å². The molecule has 33 heavy (non-hydrogen) atoms. The molecule has 8 nitrogen and oxygen atoms in total. The van der Waals surface area contributed by atoms with Gasteiger partial charge in [0.1, 0.15) is 12.4 Å². The highest BCUT2D eigenvalue weighted by atomic mass is 19.4. The number of urea groups is 1. The number of halogens is 3. The van der Waals surface area contributed by atoms with Crippen molar-refractivity contribution in [1.82, 2.24) is 20.1 Å². The monoisotopic (exact) mass is 467 g/mol. The number of hydrogen-bond donors (Lipinski definition) is 1. The number of alkyl halides is 3. The summed E-state index contributed by atoms with van der Waals surface area (Å²) in [6.45, 7) is 3.77. The molecule has 180 valence electrons. The normalized spacial score (nSPS) is 30.7. The number of morpholine rings is 1. The first kappa shape index (κ1) is 22.2. The molecule has 0 aromatic carbocycles. The van der Waals surface area contributed by atoms with Gasteiger partial charge in [-0.2, -0.15) is 13.2 Å². The number of nitrogens with zero attached hydrogens (tertiary/aromatic N) is 4. The topological polar surface area (TPSA) is 78.0 Å². The maximum absolute atomic E-state index is 13.3. The Balaban J connectivity index is 1.13. The number of carbonyl (C=O) groups is 2. The number of piperidine rings is 1. The second-order valence-corrected chi connectivity index (χ2v) is 9.82. The lowest BCUT2D eigenvalue weighted by atomic mass is 9.89. The zero-order valence-corrected chi connectivity index (χ0v) is 18.5. The Morgan fingerprint density at radius 3 is 2.67 bits per heavy atom. The molecule has 3 atom stereocenters. The zero-order chi connectivity index (χ0) is 23.4. The van der Waals surface area contributed by atoms with Crippen LogP contribution >= 0.6 is 0 Å². The molecule has 1 N–H and O–H groups in total. The van der Waals surface area contributed by atoms with Crippen molar-refractivity contribution in [3.63, 3.8) is 0 Å². The summed E-state index contributed by atoms with van der Waals surface area (Å²) >= 11 is 0. The summed E-state index contributed by atoms with van der Waals surface area (Å²) in [6.07, 6.45) is -1.79. The number of ether oxygens (including phenoxy) is 1. The zero-order valence-electron chi connectivity index (χ0n) is 18.5. The van der Waals surface area contributed by atoms with Gasteiger partial charge in [-0.1, -0.05) is 6.07 Å². The van der Waals surface area contributed by atoms with E-state index in [0.29, 0.717) is 45.0 Å². The van der Waals surface area contributed by atoms with Crippen LogP contribution in [0, 0.1) is 5.41 Å². The highest BCUT2D eigenvalue weighted by Gasteiger charge is 2.54. The lowest BCUT2D eigenvalue weighted by molar-refractivity contribution is -0.209. The molecule has 4 aliphatic rings. The van der Waals surface area contributed by atoms with E-state index in [2.05, 4.69) is 10.3 Å². The number of nitrogens with one attached hydrogen (secondary N) is 1. The molecule has 3 amide bonds. The van der Waals surface area contributed by atoms with E-state index in [1.54, 1.807) is 27.0 Å². The first-order chi connectivity index (χ1) is 15.6. The fourth-order valence-electron chi connectivity index (χ4n) is 5.13. The van der Waals surface area contributed by atoms with Gasteiger partial charge in [0.05, 0.1) is 17.6 Å². The molecule has 0 aliphatic carbocycles. The van der Waals surface area contributed by atoms with Crippen LogP contribution in [0.2, 0.25) is 0 Å². The van der Waals surface area contributed by atoms with E-state index < -0.39 is 11.6 Å². The van der Waals surface area contributed by atoms with E-state index in [4.69, 9.17) is 4.74 Å². The minimum atomic E-state index is -4.23. The van der Waals surface area contributed by atoms with Gasteiger partial charge in [-0.15, -0.1) is 0 Å². The molecule has 0 saturated carbocycles. The third-order valence-electron chi connectivity index (χ3n) is 7.47. The number of carbonyl (C=O) groups excluding carboxylic acids is 2. The van der Waals surface area contributed by atoms with Crippen molar-refractivity contribution in [3.05, 3.63) is 23.9 Å². The molecule has 0 radical (unpaired) electrons. The molecule has 1 unspecified atom stereocenters. The van der Waals surface area contributed by atoms with Gasteiger partial charge < -0.3 is 24.8 Å². The lowest BCUT2D eigenvalue weighted by Gasteiger charge is -2.46. The maximum atomic E-state index is 13.3. The number of fused-ring (bicyclic) bond motifs is 1. The summed E-state index contributed by atoms with van der Waals surface area (Å²) in [7, 11) is 0. The molecule has 5 rings (SSSR count). The van der Waals surface area contributed by atoms with Crippen LogP contribution in [0.15, 0.2) is 18.3 Å². The summed E-state index contributed by atoms with van der Waals surface area (Å²) in [5.74, 6) is 0.561. The van der Waals surface area contributed by atoms with Gasteiger partial charge in [-0.05, 0) is 31.4 Å². The van der Waals surface area contributed by atoms with Crippen LogP contribution in [0.5, 0.6) is 0 Å². The molecule has 1 aromatic heterocycles. The van der Waals surface area contributed by atoms with Gasteiger partial charge in [-0.25, -0.2) is 9.78 Å². The van der Waals surface area contributed by atoms with E-state index in [-0.39, 0.29) is 49.6 Å². The molecule has 0 spiro atoms. The molecule has 4 saturated heterocycles. The van der Waals surface area contributed by atoms with E-state index in [1.165, 1.54) is 6.92 Å². The van der Waals surface area contributed by atoms with E-state index >= 15 is 0 Å². The van der Waals surface area contributed by atoms with Crippen molar-refractivity contribution in [3.8, 4) is 0 Å². The third-order valence-corrected chi connectivity index (χ3v) is 7.47. The molecule has 4 fully saturated rings. The van der Waals surface area contributed by atoms with E-state index in [0.717, 1.165) is 5.56 Å². The van der Waals surface area contributed by atoms with Crippen LogP contribution in [-0.4, -0.2) is 90.9 Å². The summed E-state index contributed by atoms with van der Waals surface area (Å²) in [6, 6.07) is 3.47. The second-order valence-electron chi connectivity index (χ2n) is 9.82. The molecule has 4 aliphatic heterocycles. The van der Waals surface area contributed by atoms with Crippen LogP contribution < -0.4 is 10.2 Å². The predicted molar refractivity (Wildman–Crippen MR) is 113 cm³/mol. The van der Waals surface area contributed by atoms with Gasteiger partial charge in [0.15, 0.2) is 0 Å². The highest BCUT2D eigenvalue weighted by Crippen LogP contribution is 2.45. The lowest BCUT2D eigenvalue weighted by Crippen LogP contribution is -2.63. The number of rotatable bonds is 2. The molecular weight excluding hydrogens is 439 g/mol. The minimum Gasteiger partial charge on any atom is -0.366 e. The number of likely N-dealkylation sites (tertiary alicyclic amines) is 2. The quantitative estimate of drug-likeness (QED) is 0.720. The van der Waals surface area contributed by atoms with Crippen LogP contribution in [0.3, 0.4) is 0 Å². The Hall–Kier alpha value is -2.56. The molecule has 0 bridgehead atoms. The maximum Gasteiger partial charge on any atom is 0.395 e. The highest BCUT2D eigenvalue weighted by molar-refractivity contribution is 5.79. The Morgan fingerprint density at radius 1 is 1.21 bits per heavy atom. The summed E-state index contributed by atoms with van der Waals surface area (Å²) in [4.78, 5) is 34.1. The smallest absolute Gasteiger partial charge is 0.366 e. The summed E-state index contributed by atoms with van der Waals surface area (Å²) in [5, 5.41) is 2.90. The van der Waals surface area contributed by atoms with Crippen molar-refractivity contribution in [1.29, 1.82) is 0 Å². The standard InChI is InChI=1S/C22H28F3N5O3/c1-21(22(23,24)25)5-7-29(13-21)18-3-2-14(8-26-18)15-9-30(10-15)20(32)28-6-4-17-16(11-28)27-19(31)12-33-17/h2-3,8,15-17H,4-7,9-13H2,1H3,(H,27,31)/t16-,17+,21?/m1/s1. The number of anilines is 1. The molecule has 5 heterocycles. The number of hydrogen-bond acceptors (Lipinski definition) is 5. The predicted octanol–water partition coefficient (Wildman–Crippen LogP) is 1.97. The molecule has 1 aromatic rings. The Bertz CT molecular complexity index is 921. The van der Waals surface area contributed by atoms with Gasteiger partial charge in [0.2, 0.25) is 5.91 Å². The number of amides is 3. The van der Waals surface area contributed by atoms with Gasteiger partial charge in [-0.3, -0.25) is 4.79 Å². The van der Waals surface area contributed by atoms with Crippen molar-refractivity contribution in [2.24, 2.45) is 5.41 Å². The van der Waals surface area contributed by atoms with Crippen molar-refractivity contribution < 1.29 is 27.5 Å². The molecular formula is C22H28F3N5O3. The summed E-state index contributed by atoms with van der Waals surface area (Å²) in [5.41, 5.74) is -0.726. The average molecular weight is 467 g/mol. The minimum absolute atomic E-state index is 0.0370. The van der Waals surface area contributed by atoms with Crippen LogP contribution in [0.25, 0.3) is 0 Å². The SMILES string of the molecule is CC1(C(F)(F)F)CCN(c2ccc(C3CN(C(=O)N4CC[C@@H]5OCC(=O)N[C@@H]5C4)C3)cn2)C1. The summed E-state index contributed by atoms with van der Waals surface area (Å²) < 4.78 is 45.4. The van der Waals surface area contributed by atoms with Gasteiger partial charge in [0, 0.05) is 51.4 Å². The number of aromatic nitrogens is 1. The van der Waals surface area contributed by atoms with Crippen molar-refractivity contribution >= 4 is 17.8 Å². The number of pyridine rings is 1. The third kappa shape index (κ3) is 4.11.